The van der Waals surface area contributed by atoms with E-state index in [9.17, 15) is 4.79 Å². The zero-order valence-electron chi connectivity index (χ0n) is 13.4. The first-order valence-corrected chi connectivity index (χ1v) is 8.22. The molecule has 1 aliphatic heterocycles. The molecule has 3 heteroatoms. The molecule has 2 aliphatic rings. The van der Waals surface area contributed by atoms with Crippen molar-refractivity contribution in [2.75, 3.05) is 0 Å². The summed E-state index contributed by atoms with van der Waals surface area (Å²) in [5.41, 5.74) is 2.04. The van der Waals surface area contributed by atoms with Gasteiger partial charge in [0.05, 0.1) is 5.54 Å². The summed E-state index contributed by atoms with van der Waals surface area (Å²) in [6.45, 7) is 6.25. The molecule has 1 amide bonds. The second kappa shape index (κ2) is 5.45. The summed E-state index contributed by atoms with van der Waals surface area (Å²) < 4.78 is 0. The van der Waals surface area contributed by atoms with Crippen LogP contribution in [0.1, 0.15) is 63.2 Å². The monoisotopic (exact) mass is 286 g/mol. The van der Waals surface area contributed by atoms with Gasteiger partial charge < -0.3 is 4.90 Å². The first kappa shape index (κ1) is 14.6. The minimum Gasteiger partial charge on any atom is -0.318 e. The Hall–Kier alpha value is -1.35. The molecule has 1 aliphatic carbocycles. The molecule has 0 aromatic heterocycles. The van der Waals surface area contributed by atoms with Crippen molar-refractivity contribution in [3.05, 3.63) is 35.4 Å². The Morgan fingerprint density at radius 2 is 2.05 bits per heavy atom. The average Bonchev–Trinajstić information content (AvgIpc) is 3.07. The van der Waals surface area contributed by atoms with E-state index in [2.05, 4.69) is 48.3 Å². The van der Waals surface area contributed by atoms with Crippen molar-refractivity contribution < 1.29 is 4.79 Å². The number of hydrogen-bond acceptors (Lipinski definition) is 2. The fourth-order valence-corrected chi connectivity index (χ4v) is 3.73. The van der Waals surface area contributed by atoms with Crippen molar-refractivity contribution in [2.24, 2.45) is 0 Å². The zero-order chi connectivity index (χ0) is 15.0. The molecule has 1 N–H and O–H groups in total. The van der Waals surface area contributed by atoms with Crippen LogP contribution in [0, 0.1) is 6.92 Å². The first-order valence-electron chi connectivity index (χ1n) is 8.22. The van der Waals surface area contributed by atoms with Crippen LogP contribution in [0.4, 0.5) is 0 Å². The molecule has 3 rings (SSSR count). The number of benzene rings is 1. The van der Waals surface area contributed by atoms with Crippen molar-refractivity contribution >= 4 is 5.91 Å². The van der Waals surface area contributed by atoms with Crippen molar-refractivity contribution in [1.82, 2.24) is 10.2 Å². The van der Waals surface area contributed by atoms with E-state index in [0.29, 0.717) is 6.04 Å². The van der Waals surface area contributed by atoms with Gasteiger partial charge in [0.2, 0.25) is 5.91 Å². The van der Waals surface area contributed by atoms with Crippen LogP contribution < -0.4 is 5.32 Å². The lowest BCUT2D eigenvalue weighted by molar-refractivity contribution is -0.135. The van der Waals surface area contributed by atoms with Crippen molar-refractivity contribution in [3.8, 4) is 0 Å². The smallest absolute Gasteiger partial charge is 0.244 e. The van der Waals surface area contributed by atoms with Crippen LogP contribution in [0.5, 0.6) is 0 Å². The number of hydrogen-bond donors (Lipinski definition) is 1. The molecule has 1 saturated heterocycles. The summed E-state index contributed by atoms with van der Waals surface area (Å²) in [5, 5.41) is 3.61. The largest absolute Gasteiger partial charge is 0.318 e. The molecule has 0 bridgehead atoms. The van der Waals surface area contributed by atoms with Crippen LogP contribution in [0.25, 0.3) is 0 Å². The summed E-state index contributed by atoms with van der Waals surface area (Å²) in [6, 6.07) is 8.95. The highest BCUT2D eigenvalue weighted by atomic mass is 16.2. The van der Waals surface area contributed by atoms with E-state index < -0.39 is 5.54 Å². The zero-order valence-corrected chi connectivity index (χ0v) is 13.4. The Morgan fingerprint density at radius 3 is 2.67 bits per heavy atom. The molecule has 1 heterocycles. The normalized spacial score (nSPS) is 30.3. The highest BCUT2D eigenvalue weighted by molar-refractivity contribution is 5.89. The van der Waals surface area contributed by atoms with E-state index in [1.165, 1.54) is 24.0 Å². The van der Waals surface area contributed by atoms with Gasteiger partial charge in [-0.3, -0.25) is 10.1 Å². The van der Waals surface area contributed by atoms with Gasteiger partial charge in [-0.25, -0.2) is 0 Å². The third-order valence-electron chi connectivity index (χ3n) is 5.22. The molecule has 21 heavy (non-hydrogen) atoms. The summed E-state index contributed by atoms with van der Waals surface area (Å²) in [5.74, 6) is 0.281. The summed E-state index contributed by atoms with van der Waals surface area (Å²) >= 11 is 0. The number of nitrogens with zero attached hydrogens (tertiary/aromatic N) is 1. The number of rotatable bonds is 3. The van der Waals surface area contributed by atoms with E-state index in [0.717, 1.165) is 19.3 Å². The molecule has 3 nitrogen and oxygen atoms in total. The van der Waals surface area contributed by atoms with Gasteiger partial charge in [0.15, 0.2) is 0 Å². The molecule has 0 spiro atoms. The maximum Gasteiger partial charge on any atom is 0.244 e. The van der Waals surface area contributed by atoms with Crippen LogP contribution in [0.2, 0.25) is 0 Å². The molecule has 1 aromatic carbocycles. The fraction of sp³-hybridized carbons (Fsp3) is 0.611. The van der Waals surface area contributed by atoms with Gasteiger partial charge in [0.25, 0.3) is 0 Å². The molecule has 2 fully saturated rings. The summed E-state index contributed by atoms with van der Waals surface area (Å²) in [4.78, 5) is 15.1. The van der Waals surface area contributed by atoms with E-state index in [4.69, 9.17) is 0 Å². The molecule has 114 valence electrons. The summed E-state index contributed by atoms with van der Waals surface area (Å²) in [7, 11) is 0. The number of amides is 1. The summed E-state index contributed by atoms with van der Waals surface area (Å²) in [6.07, 6.45) is 5.66. The lowest BCUT2D eigenvalue weighted by Crippen LogP contribution is -2.44. The SMILES string of the molecule is CCC1(C)NC(c2cccc(C)c2)N(C2CCCC2)C1=O. The Balaban J connectivity index is 1.97. The lowest BCUT2D eigenvalue weighted by atomic mass is 9.99. The highest BCUT2D eigenvalue weighted by Gasteiger charge is 2.49. The van der Waals surface area contributed by atoms with Gasteiger partial charge in [-0.05, 0) is 38.7 Å². The molecular formula is C18H26N2O. The van der Waals surface area contributed by atoms with Gasteiger partial charge in [-0.15, -0.1) is 0 Å². The minimum absolute atomic E-state index is 0.0328. The Labute approximate surface area is 127 Å². The second-order valence-electron chi connectivity index (χ2n) is 6.80. The fourth-order valence-electron chi connectivity index (χ4n) is 3.73. The molecule has 2 unspecified atom stereocenters. The van der Waals surface area contributed by atoms with Gasteiger partial charge in [-0.2, -0.15) is 0 Å². The average molecular weight is 286 g/mol. The standard InChI is InChI=1S/C18H26N2O/c1-4-18(3)17(21)20(15-10-5-6-11-15)16(19-18)14-9-7-8-13(2)12-14/h7-9,12,15-16,19H,4-6,10-11H2,1-3H3. The number of nitrogens with one attached hydrogen (secondary N) is 1. The molecule has 1 saturated carbocycles. The van der Waals surface area contributed by atoms with Crippen LogP contribution in [-0.2, 0) is 4.79 Å². The third kappa shape index (κ3) is 2.48. The molecule has 2 atom stereocenters. The van der Waals surface area contributed by atoms with Crippen molar-refractivity contribution in [3.63, 3.8) is 0 Å². The lowest BCUT2D eigenvalue weighted by Gasteiger charge is -2.30. The number of carbonyl (C=O) groups excluding carboxylic acids is 1. The van der Waals surface area contributed by atoms with E-state index >= 15 is 0 Å². The topological polar surface area (TPSA) is 32.3 Å². The minimum atomic E-state index is -0.420. The van der Waals surface area contributed by atoms with Crippen LogP contribution in [0.15, 0.2) is 24.3 Å². The second-order valence-corrected chi connectivity index (χ2v) is 6.80. The van der Waals surface area contributed by atoms with Crippen molar-refractivity contribution in [1.29, 1.82) is 0 Å². The Kier molecular flexibility index (Phi) is 3.78. The first-order chi connectivity index (χ1) is 10.0. The maximum absolute atomic E-state index is 13.0. The number of aryl methyl sites for hydroxylation is 1. The predicted octanol–water partition coefficient (Wildman–Crippen LogP) is 3.54. The molecule has 0 radical (unpaired) electrons. The number of carbonyl (C=O) groups is 1. The van der Waals surface area contributed by atoms with Gasteiger partial charge >= 0.3 is 0 Å². The molecule has 1 aromatic rings. The molecular weight excluding hydrogens is 260 g/mol. The Bertz CT molecular complexity index is 536. The van der Waals surface area contributed by atoms with E-state index in [1.807, 2.05) is 6.92 Å². The van der Waals surface area contributed by atoms with E-state index in [-0.39, 0.29) is 12.1 Å². The van der Waals surface area contributed by atoms with Gasteiger partial charge in [0.1, 0.15) is 6.17 Å². The van der Waals surface area contributed by atoms with E-state index in [1.54, 1.807) is 0 Å². The highest BCUT2D eigenvalue weighted by Crippen LogP contribution is 2.38. The maximum atomic E-state index is 13.0. The van der Waals surface area contributed by atoms with Crippen molar-refractivity contribution in [2.45, 2.75) is 70.6 Å². The van der Waals surface area contributed by atoms with Crippen LogP contribution in [0.3, 0.4) is 0 Å². The van der Waals surface area contributed by atoms with Crippen LogP contribution >= 0.6 is 0 Å². The van der Waals surface area contributed by atoms with Gasteiger partial charge in [0, 0.05) is 6.04 Å². The predicted molar refractivity (Wildman–Crippen MR) is 84.9 cm³/mol. The van der Waals surface area contributed by atoms with Gasteiger partial charge in [-0.1, -0.05) is 49.6 Å². The Morgan fingerprint density at radius 1 is 1.33 bits per heavy atom. The third-order valence-corrected chi connectivity index (χ3v) is 5.22. The van der Waals surface area contributed by atoms with Crippen LogP contribution in [-0.4, -0.2) is 22.4 Å². The quantitative estimate of drug-likeness (QED) is 0.922.